The van der Waals surface area contributed by atoms with Gasteiger partial charge in [0.1, 0.15) is 11.6 Å². The second-order valence-corrected chi connectivity index (χ2v) is 5.73. The Bertz CT molecular complexity index is 430. The van der Waals surface area contributed by atoms with Crippen molar-refractivity contribution in [2.75, 3.05) is 13.1 Å². The quantitative estimate of drug-likeness (QED) is 0.925. The minimum absolute atomic E-state index is 0.238. The summed E-state index contributed by atoms with van der Waals surface area (Å²) in [6.45, 7) is 2.01. The Labute approximate surface area is 115 Å². The van der Waals surface area contributed by atoms with Crippen molar-refractivity contribution >= 4 is 21.7 Å². The van der Waals surface area contributed by atoms with Crippen LogP contribution in [0.15, 0.2) is 22.7 Å². The number of piperidine rings is 1. The zero-order valence-corrected chi connectivity index (χ0v) is 11.8. The molecule has 0 spiro atoms. The van der Waals surface area contributed by atoms with E-state index in [0.717, 1.165) is 31.5 Å². The van der Waals surface area contributed by atoms with E-state index in [1.807, 2.05) is 0 Å². The number of carbonyl (C=O) groups excluding carboxylic acids is 1. The zero-order valence-electron chi connectivity index (χ0n) is 10.2. The fourth-order valence-electron chi connectivity index (χ4n) is 2.37. The minimum atomic E-state index is -0.289. The highest BCUT2D eigenvalue weighted by Crippen LogP contribution is 2.19. The first kappa shape index (κ1) is 13.7. The van der Waals surface area contributed by atoms with E-state index in [2.05, 4.69) is 21.2 Å². The van der Waals surface area contributed by atoms with Crippen LogP contribution in [0.5, 0.6) is 0 Å². The first-order valence-electron chi connectivity index (χ1n) is 6.31. The number of hydrogen-bond donors (Lipinski definition) is 1. The van der Waals surface area contributed by atoms with E-state index in [9.17, 15) is 9.18 Å². The molecule has 1 heterocycles. The van der Waals surface area contributed by atoms with Gasteiger partial charge in [-0.25, -0.2) is 4.39 Å². The van der Waals surface area contributed by atoms with Gasteiger partial charge in [-0.15, -0.1) is 0 Å². The van der Waals surface area contributed by atoms with Gasteiger partial charge in [0.2, 0.25) is 0 Å². The molecule has 1 saturated heterocycles. The van der Waals surface area contributed by atoms with Crippen molar-refractivity contribution in [2.24, 2.45) is 5.92 Å². The fraction of sp³-hybridized carbons (Fsp3) is 0.500. The van der Waals surface area contributed by atoms with Gasteiger partial charge in [-0.1, -0.05) is 6.07 Å². The van der Waals surface area contributed by atoms with E-state index in [0.29, 0.717) is 23.2 Å². The Morgan fingerprint density at radius 1 is 1.50 bits per heavy atom. The number of hydrogen-bond acceptors (Lipinski definition) is 2. The highest BCUT2D eigenvalue weighted by molar-refractivity contribution is 9.10. The summed E-state index contributed by atoms with van der Waals surface area (Å²) in [4.78, 5) is 11.9. The molecule has 4 heteroatoms. The molecule has 1 aromatic rings. The molecular weight excluding hydrogens is 297 g/mol. The normalized spacial score (nSPS) is 19.8. The van der Waals surface area contributed by atoms with Crippen LogP contribution in [0.3, 0.4) is 0 Å². The molecule has 0 saturated carbocycles. The predicted molar refractivity (Wildman–Crippen MR) is 73.0 cm³/mol. The SMILES string of the molecule is O=C(Cc1ccc(F)c(Br)c1)CC1CCCNC1. The highest BCUT2D eigenvalue weighted by atomic mass is 79.9. The molecule has 1 N–H and O–H groups in total. The van der Waals surface area contributed by atoms with E-state index < -0.39 is 0 Å². The summed E-state index contributed by atoms with van der Waals surface area (Å²) in [5, 5.41) is 3.31. The van der Waals surface area contributed by atoms with Crippen LogP contribution in [0.4, 0.5) is 4.39 Å². The van der Waals surface area contributed by atoms with E-state index in [4.69, 9.17) is 0 Å². The summed E-state index contributed by atoms with van der Waals surface area (Å²) in [6, 6.07) is 4.76. The Morgan fingerprint density at radius 3 is 3.00 bits per heavy atom. The molecule has 0 radical (unpaired) electrons. The maximum absolute atomic E-state index is 13.1. The third kappa shape index (κ3) is 3.89. The summed E-state index contributed by atoms with van der Waals surface area (Å²) in [5.41, 5.74) is 0.872. The lowest BCUT2D eigenvalue weighted by molar-refractivity contribution is -0.119. The molecule has 1 atom stereocenters. The van der Waals surface area contributed by atoms with Gasteiger partial charge in [0, 0.05) is 12.8 Å². The number of ketones is 1. The number of carbonyl (C=O) groups is 1. The Morgan fingerprint density at radius 2 is 2.33 bits per heavy atom. The van der Waals surface area contributed by atoms with Crippen molar-refractivity contribution in [1.82, 2.24) is 5.32 Å². The average molecular weight is 314 g/mol. The van der Waals surface area contributed by atoms with Crippen molar-refractivity contribution in [3.63, 3.8) is 0 Å². The van der Waals surface area contributed by atoms with Crippen molar-refractivity contribution in [3.8, 4) is 0 Å². The Hall–Kier alpha value is -0.740. The van der Waals surface area contributed by atoms with Crippen molar-refractivity contribution < 1.29 is 9.18 Å². The van der Waals surface area contributed by atoms with Gasteiger partial charge in [0.05, 0.1) is 4.47 Å². The molecule has 98 valence electrons. The predicted octanol–water partition coefficient (Wildman–Crippen LogP) is 3.09. The van der Waals surface area contributed by atoms with Crippen LogP contribution < -0.4 is 5.32 Å². The molecular formula is C14H17BrFNO. The maximum atomic E-state index is 13.1. The van der Waals surface area contributed by atoms with Crippen molar-refractivity contribution in [3.05, 3.63) is 34.1 Å². The van der Waals surface area contributed by atoms with Gasteiger partial charge >= 0.3 is 0 Å². The Balaban J connectivity index is 1.88. The number of benzene rings is 1. The summed E-state index contributed by atoms with van der Waals surface area (Å²) in [7, 11) is 0. The number of nitrogens with one attached hydrogen (secondary N) is 1. The number of rotatable bonds is 4. The lowest BCUT2D eigenvalue weighted by atomic mass is 9.92. The Kier molecular flexibility index (Phi) is 4.89. The molecule has 1 unspecified atom stereocenters. The first-order valence-corrected chi connectivity index (χ1v) is 7.11. The van der Waals surface area contributed by atoms with Gasteiger partial charge in [0.25, 0.3) is 0 Å². The number of halogens is 2. The average Bonchev–Trinajstić information content (AvgIpc) is 2.35. The van der Waals surface area contributed by atoms with Gasteiger partial charge in [0.15, 0.2) is 0 Å². The lowest BCUT2D eigenvalue weighted by Gasteiger charge is -2.21. The maximum Gasteiger partial charge on any atom is 0.137 e. The summed E-state index contributed by atoms with van der Waals surface area (Å²) in [5.74, 6) is 0.417. The van der Waals surface area contributed by atoms with E-state index in [1.165, 1.54) is 6.07 Å². The third-order valence-corrected chi connectivity index (χ3v) is 3.91. The molecule has 1 aliphatic heterocycles. The van der Waals surface area contributed by atoms with Gasteiger partial charge in [-0.2, -0.15) is 0 Å². The van der Waals surface area contributed by atoms with E-state index in [1.54, 1.807) is 12.1 Å². The zero-order chi connectivity index (χ0) is 13.0. The summed E-state index contributed by atoms with van der Waals surface area (Å²) < 4.78 is 13.5. The minimum Gasteiger partial charge on any atom is -0.316 e. The smallest absolute Gasteiger partial charge is 0.137 e. The van der Waals surface area contributed by atoms with Gasteiger partial charge in [-0.05, 0) is 65.5 Å². The highest BCUT2D eigenvalue weighted by Gasteiger charge is 2.17. The molecule has 0 amide bonds. The standard InChI is InChI=1S/C14H17BrFNO/c15-13-8-10(3-4-14(13)16)6-12(18)7-11-2-1-5-17-9-11/h3-4,8,11,17H,1-2,5-7,9H2. The molecule has 2 rings (SSSR count). The van der Waals surface area contributed by atoms with Crippen LogP contribution in [0.1, 0.15) is 24.8 Å². The second-order valence-electron chi connectivity index (χ2n) is 4.88. The molecule has 1 aliphatic rings. The van der Waals surface area contributed by atoms with Crippen LogP contribution >= 0.6 is 15.9 Å². The van der Waals surface area contributed by atoms with E-state index in [-0.39, 0.29) is 11.6 Å². The second kappa shape index (κ2) is 6.43. The van der Waals surface area contributed by atoms with Crippen molar-refractivity contribution in [1.29, 1.82) is 0 Å². The largest absolute Gasteiger partial charge is 0.316 e. The molecule has 1 aromatic carbocycles. The number of Topliss-reactive ketones (excluding diaryl/α,β-unsaturated/α-hetero) is 1. The monoisotopic (exact) mass is 313 g/mol. The van der Waals surface area contributed by atoms with Crippen LogP contribution in [0, 0.1) is 11.7 Å². The molecule has 18 heavy (non-hydrogen) atoms. The summed E-state index contributed by atoms with van der Waals surface area (Å²) in [6.07, 6.45) is 3.31. The van der Waals surface area contributed by atoms with Crippen LogP contribution in [0.25, 0.3) is 0 Å². The van der Waals surface area contributed by atoms with Gasteiger partial charge in [-0.3, -0.25) is 4.79 Å². The molecule has 2 nitrogen and oxygen atoms in total. The topological polar surface area (TPSA) is 29.1 Å². The molecule has 0 aromatic heterocycles. The first-order chi connectivity index (χ1) is 8.65. The lowest BCUT2D eigenvalue weighted by Crippen LogP contribution is -2.31. The van der Waals surface area contributed by atoms with Crippen LogP contribution in [-0.4, -0.2) is 18.9 Å². The molecule has 0 bridgehead atoms. The van der Waals surface area contributed by atoms with Crippen molar-refractivity contribution in [2.45, 2.75) is 25.7 Å². The van der Waals surface area contributed by atoms with Crippen LogP contribution in [0.2, 0.25) is 0 Å². The summed E-state index contributed by atoms with van der Waals surface area (Å²) >= 11 is 3.14. The van der Waals surface area contributed by atoms with Gasteiger partial charge < -0.3 is 5.32 Å². The molecule has 0 aliphatic carbocycles. The third-order valence-electron chi connectivity index (χ3n) is 3.30. The fourth-order valence-corrected chi connectivity index (χ4v) is 2.80. The molecule has 1 fully saturated rings. The van der Waals surface area contributed by atoms with Crippen LogP contribution in [-0.2, 0) is 11.2 Å². The van der Waals surface area contributed by atoms with E-state index >= 15 is 0 Å².